The number of amides is 1. The van der Waals surface area contributed by atoms with Crippen molar-refractivity contribution in [2.24, 2.45) is 5.73 Å². The molecular weight excluding hydrogens is 240 g/mol. The van der Waals surface area contributed by atoms with Crippen LogP contribution in [0.5, 0.6) is 11.5 Å². The van der Waals surface area contributed by atoms with Crippen molar-refractivity contribution in [2.75, 3.05) is 11.9 Å². The Morgan fingerprint density at radius 2 is 2.00 bits per heavy atom. The van der Waals surface area contributed by atoms with Crippen LogP contribution in [-0.2, 0) is 4.79 Å². The molecule has 1 amide bonds. The molecule has 2 aromatic carbocycles. The number of hydrogen-bond acceptors (Lipinski definition) is 3. The van der Waals surface area contributed by atoms with Gasteiger partial charge >= 0.3 is 0 Å². The van der Waals surface area contributed by atoms with Crippen LogP contribution in [0, 0.1) is 6.92 Å². The molecule has 0 spiro atoms. The Hall–Kier alpha value is -2.33. The molecule has 4 heteroatoms. The summed E-state index contributed by atoms with van der Waals surface area (Å²) in [7, 11) is 0. The fraction of sp³-hybridized carbons (Fsp3) is 0.133. The lowest BCUT2D eigenvalue weighted by Gasteiger charge is -2.12. The first kappa shape index (κ1) is 13.1. The summed E-state index contributed by atoms with van der Waals surface area (Å²) in [5, 5.41) is 2.71. The number of carbonyl (C=O) groups excluding carboxylic acids is 1. The summed E-state index contributed by atoms with van der Waals surface area (Å²) in [6.07, 6.45) is 0. The van der Waals surface area contributed by atoms with Crippen molar-refractivity contribution in [3.63, 3.8) is 0 Å². The van der Waals surface area contributed by atoms with E-state index in [9.17, 15) is 4.79 Å². The summed E-state index contributed by atoms with van der Waals surface area (Å²) < 4.78 is 5.78. The summed E-state index contributed by atoms with van der Waals surface area (Å²) in [4.78, 5) is 11.3. The zero-order chi connectivity index (χ0) is 13.7. The highest BCUT2D eigenvalue weighted by Crippen LogP contribution is 2.29. The van der Waals surface area contributed by atoms with Gasteiger partial charge in [-0.15, -0.1) is 0 Å². The summed E-state index contributed by atoms with van der Waals surface area (Å²) in [6, 6.07) is 15.0. The van der Waals surface area contributed by atoms with Gasteiger partial charge in [-0.05, 0) is 36.8 Å². The smallest absolute Gasteiger partial charge is 0.238 e. The molecule has 0 unspecified atom stereocenters. The lowest BCUT2D eigenvalue weighted by atomic mass is 10.2. The molecule has 0 aromatic heterocycles. The van der Waals surface area contributed by atoms with Crippen molar-refractivity contribution in [3.05, 3.63) is 54.1 Å². The van der Waals surface area contributed by atoms with Gasteiger partial charge in [0.05, 0.1) is 12.2 Å². The van der Waals surface area contributed by atoms with Gasteiger partial charge in [0.1, 0.15) is 5.75 Å². The second-order valence-electron chi connectivity index (χ2n) is 4.17. The van der Waals surface area contributed by atoms with Gasteiger partial charge in [0.25, 0.3) is 0 Å². The van der Waals surface area contributed by atoms with Crippen molar-refractivity contribution < 1.29 is 9.53 Å². The molecule has 3 N–H and O–H groups in total. The fourth-order valence-electron chi connectivity index (χ4n) is 1.67. The fourth-order valence-corrected chi connectivity index (χ4v) is 1.67. The van der Waals surface area contributed by atoms with Gasteiger partial charge in [0.15, 0.2) is 5.75 Å². The number of hydrogen-bond donors (Lipinski definition) is 2. The van der Waals surface area contributed by atoms with Crippen molar-refractivity contribution in [1.82, 2.24) is 0 Å². The van der Waals surface area contributed by atoms with Crippen LogP contribution < -0.4 is 15.8 Å². The highest BCUT2D eigenvalue weighted by molar-refractivity contribution is 5.93. The van der Waals surface area contributed by atoms with Crippen LogP contribution in [0.4, 0.5) is 5.69 Å². The average molecular weight is 256 g/mol. The van der Waals surface area contributed by atoms with Crippen LogP contribution in [-0.4, -0.2) is 12.5 Å². The van der Waals surface area contributed by atoms with Crippen LogP contribution in [0.25, 0.3) is 0 Å². The Morgan fingerprint density at radius 1 is 1.21 bits per heavy atom. The third-order valence-corrected chi connectivity index (χ3v) is 2.56. The molecule has 0 fully saturated rings. The molecule has 0 bridgehead atoms. The maximum Gasteiger partial charge on any atom is 0.238 e. The minimum absolute atomic E-state index is 0.0568. The number of carbonyl (C=O) groups is 1. The van der Waals surface area contributed by atoms with Gasteiger partial charge in [0.2, 0.25) is 5.91 Å². The van der Waals surface area contributed by atoms with Crippen molar-refractivity contribution >= 4 is 11.6 Å². The molecule has 0 heterocycles. The number of para-hydroxylation sites is 2. The second kappa shape index (κ2) is 6.02. The zero-order valence-corrected chi connectivity index (χ0v) is 10.7. The maximum absolute atomic E-state index is 11.3. The maximum atomic E-state index is 11.3. The SMILES string of the molecule is Cc1cccc(Oc2ccccc2NC(=O)CN)c1. The van der Waals surface area contributed by atoms with Crippen molar-refractivity contribution in [2.45, 2.75) is 6.92 Å². The van der Waals surface area contributed by atoms with E-state index in [-0.39, 0.29) is 12.5 Å². The average Bonchev–Trinajstić information content (AvgIpc) is 2.41. The minimum Gasteiger partial charge on any atom is -0.455 e. The number of nitrogens with one attached hydrogen (secondary N) is 1. The Bertz CT molecular complexity index is 582. The molecule has 98 valence electrons. The van der Waals surface area contributed by atoms with E-state index in [1.165, 1.54) is 0 Å². The van der Waals surface area contributed by atoms with Gasteiger partial charge in [-0.3, -0.25) is 4.79 Å². The van der Waals surface area contributed by atoms with Gasteiger partial charge in [-0.2, -0.15) is 0 Å². The summed E-state index contributed by atoms with van der Waals surface area (Å²) in [5.74, 6) is 1.07. The van der Waals surface area contributed by atoms with Crippen molar-refractivity contribution in [3.8, 4) is 11.5 Å². The Labute approximate surface area is 112 Å². The van der Waals surface area contributed by atoms with E-state index in [0.29, 0.717) is 11.4 Å². The first-order chi connectivity index (χ1) is 9.19. The molecule has 2 aromatic rings. The number of rotatable bonds is 4. The van der Waals surface area contributed by atoms with Crippen LogP contribution in [0.3, 0.4) is 0 Å². The Balaban J connectivity index is 2.22. The third-order valence-electron chi connectivity index (χ3n) is 2.56. The highest BCUT2D eigenvalue weighted by Gasteiger charge is 2.07. The van der Waals surface area contributed by atoms with Gasteiger partial charge in [-0.1, -0.05) is 24.3 Å². The molecular formula is C15H16N2O2. The van der Waals surface area contributed by atoms with Crippen LogP contribution in [0.1, 0.15) is 5.56 Å². The molecule has 0 saturated carbocycles. The van der Waals surface area contributed by atoms with E-state index >= 15 is 0 Å². The van der Waals surface area contributed by atoms with E-state index in [2.05, 4.69) is 5.32 Å². The predicted octanol–water partition coefficient (Wildman–Crippen LogP) is 2.68. The number of ether oxygens (including phenoxy) is 1. The van der Waals surface area contributed by atoms with Gasteiger partial charge in [0, 0.05) is 0 Å². The van der Waals surface area contributed by atoms with Gasteiger partial charge < -0.3 is 15.8 Å². The van der Waals surface area contributed by atoms with Crippen molar-refractivity contribution in [1.29, 1.82) is 0 Å². The summed E-state index contributed by atoms with van der Waals surface area (Å²) in [6.45, 7) is 1.94. The highest BCUT2D eigenvalue weighted by atomic mass is 16.5. The van der Waals surface area contributed by atoms with Crippen LogP contribution in [0.2, 0.25) is 0 Å². The monoisotopic (exact) mass is 256 g/mol. The first-order valence-corrected chi connectivity index (χ1v) is 6.02. The minimum atomic E-state index is -0.250. The third kappa shape index (κ3) is 3.56. The molecule has 19 heavy (non-hydrogen) atoms. The molecule has 0 radical (unpaired) electrons. The summed E-state index contributed by atoms with van der Waals surface area (Å²) >= 11 is 0. The number of anilines is 1. The second-order valence-corrected chi connectivity index (χ2v) is 4.17. The molecule has 0 aliphatic carbocycles. The molecule has 0 atom stereocenters. The Morgan fingerprint density at radius 3 is 2.74 bits per heavy atom. The quantitative estimate of drug-likeness (QED) is 0.884. The molecule has 0 saturated heterocycles. The van der Waals surface area contributed by atoms with E-state index in [1.54, 1.807) is 12.1 Å². The van der Waals surface area contributed by atoms with E-state index in [0.717, 1.165) is 11.3 Å². The topological polar surface area (TPSA) is 64.3 Å². The molecule has 2 rings (SSSR count). The van der Waals surface area contributed by atoms with E-state index < -0.39 is 0 Å². The lowest BCUT2D eigenvalue weighted by molar-refractivity contribution is -0.114. The summed E-state index contributed by atoms with van der Waals surface area (Å²) in [5.41, 5.74) is 7.01. The normalized spacial score (nSPS) is 10.0. The number of nitrogens with two attached hydrogens (primary N) is 1. The van der Waals surface area contributed by atoms with E-state index in [1.807, 2.05) is 43.3 Å². The largest absolute Gasteiger partial charge is 0.455 e. The molecule has 0 aliphatic heterocycles. The predicted molar refractivity (Wildman–Crippen MR) is 75.4 cm³/mol. The standard InChI is InChI=1S/C15H16N2O2/c1-11-5-4-6-12(9-11)19-14-8-3-2-7-13(14)17-15(18)10-16/h2-9H,10,16H2,1H3,(H,17,18). The molecule has 0 aliphatic rings. The zero-order valence-electron chi connectivity index (χ0n) is 10.7. The lowest BCUT2D eigenvalue weighted by Crippen LogP contribution is -2.22. The number of aryl methyl sites for hydroxylation is 1. The van der Waals surface area contributed by atoms with Crippen LogP contribution in [0.15, 0.2) is 48.5 Å². The van der Waals surface area contributed by atoms with Crippen LogP contribution >= 0.6 is 0 Å². The molecule has 4 nitrogen and oxygen atoms in total. The Kier molecular flexibility index (Phi) is 4.15. The first-order valence-electron chi connectivity index (χ1n) is 6.02. The van der Waals surface area contributed by atoms with E-state index in [4.69, 9.17) is 10.5 Å². The number of benzene rings is 2. The van der Waals surface area contributed by atoms with Gasteiger partial charge in [-0.25, -0.2) is 0 Å².